The molecule has 10 fully saturated rings. The van der Waals surface area contributed by atoms with E-state index in [2.05, 4.69) is 6.58 Å². The minimum Gasteiger partial charge on any atom is -0.461 e. The Labute approximate surface area is 154 Å². The lowest BCUT2D eigenvalue weighted by Crippen LogP contribution is -2.45. The molecular formula is C24H26O2. The predicted octanol–water partition coefficient (Wildman–Crippen LogP) is 3.09. The summed E-state index contributed by atoms with van der Waals surface area (Å²) in [6.07, 6.45) is 4.83. The van der Waals surface area contributed by atoms with Crippen LogP contribution < -0.4 is 0 Å². The van der Waals surface area contributed by atoms with Gasteiger partial charge in [-0.05, 0) is 113 Å². The topological polar surface area (TPSA) is 26.3 Å². The van der Waals surface area contributed by atoms with Gasteiger partial charge < -0.3 is 4.74 Å². The van der Waals surface area contributed by atoms with Crippen LogP contribution in [0.25, 0.3) is 0 Å². The summed E-state index contributed by atoms with van der Waals surface area (Å²) in [5, 5.41) is 0. The molecule has 2 heteroatoms. The molecule has 0 heterocycles. The molecule has 0 radical (unpaired) electrons. The molecule has 10 saturated carbocycles. The summed E-state index contributed by atoms with van der Waals surface area (Å²) in [4.78, 5) is 13.8. The van der Waals surface area contributed by atoms with Crippen molar-refractivity contribution in [3.05, 3.63) is 12.7 Å². The highest BCUT2D eigenvalue weighted by Gasteiger charge is 2.97. The third kappa shape index (κ3) is 0.754. The fraction of sp³-hybridized carbons (Fsp3) is 0.875. The van der Waals surface area contributed by atoms with E-state index in [-0.39, 0.29) is 11.4 Å². The molecule has 18 atom stereocenters. The maximum atomic E-state index is 13.8. The fourth-order valence-electron chi connectivity index (χ4n) is 14.9. The van der Waals surface area contributed by atoms with Crippen LogP contribution in [0.2, 0.25) is 0 Å². The van der Waals surface area contributed by atoms with Crippen molar-refractivity contribution in [2.24, 2.45) is 106 Å². The van der Waals surface area contributed by atoms with Crippen LogP contribution in [0.5, 0.6) is 0 Å². The van der Waals surface area contributed by atoms with Crippen LogP contribution in [0.1, 0.15) is 12.8 Å². The summed E-state index contributed by atoms with van der Waals surface area (Å²) >= 11 is 0. The second-order valence-electron chi connectivity index (χ2n) is 12.3. The van der Waals surface area contributed by atoms with Gasteiger partial charge in [0, 0.05) is 0 Å². The van der Waals surface area contributed by atoms with Gasteiger partial charge in [-0.15, -0.1) is 0 Å². The van der Waals surface area contributed by atoms with Gasteiger partial charge in [-0.25, -0.2) is 0 Å². The number of hydrogen-bond donors (Lipinski definition) is 0. The first-order valence-electron chi connectivity index (χ1n) is 11.6. The van der Waals surface area contributed by atoms with Crippen LogP contribution in [0.4, 0.5) is 0 Å². The van der Waals surface area contributed by atoms with Crippen molar-refractivity contribution < 1.29 is 9.53 Å². The normalized spacial score (nSPS) is 81.8. The molecule has 10 rings (SSSR count). The molecule has 0 saturated heterocycles. The standard InChI is InChI=1S/C24H26O2/c1-2-3-26-23(25)24-20-8-4-6-10-7-5-9(20)14-12(7)17-15(10)16-11(6)13(8)21(24)18(16)19(17)22(14)24/h2,6-22H,1,3-5H2/t6-,7+,8-,9-,10?,11+,12-,13-,14-,15?,16+,17-,18+,19-,20?,21-,22-,24?/m1/s1. The van der Waals surface area contributed by atoms with Crippen molar-refractivity contribution in [3.8, 4) is 0 Å². The molecule has 0 aromatic carbocycles. The van der Waals surface area contributed by atoms with Gasteiger partial charge in [-0.1, -0.05) is 12.7 Å². The van der Waals surface area contributed by atoms with Gasteiger partial charge in [0.1, 0.15) is 6.61 Å². The van der Waals surface area contributed by atoms with Gasteiger partial charge in [0.25, 0.3) is 0 Å². The van der Waals surface area contributed by atoms with Crippen molar-refractivity contribution in [2.75, 3.05) is 6.61 Å². The Bertz CT molecular complexity index is 803. The Kier molecular flexibility index (Phi) is 1.54. The average molecular weight is 346 g/mol. The van der Waals surface area contributed by atoms with E-state index >= 15 is 0 Å². The summed E-state index contributed by atoms with van der Waals surface area (Å²) in [6.45, 7) is 4.25. The maximum Gasteiger partial charge on any atom is 0.313 e. The molecule has 2 nitrogen and oxygen atoms in total. The van der Waals surface area contributed by atoms with Gasteiger partial charge in [-0.3, -0.25) is 4.79 Å². The monoisotopic (exact) mass is 346 g/mol. The minimum atomic E-state index is -0.0197. The third-order valence-electron chi connectivity index (χ3n) is 13.4. The molecule has 0 spiro atoms. The van der Waals surface area contributed by atoms with Crippen molar-refractivity contribution >= 4 is 5.97 Å². The summed E-state index contributed by atoms with van der Waals surface area (Å²) in [5.74, 6) is 16.8. The molecule has 134 valence electrons. The Balaban J connectivity index is 1.33. The lowest BCUT2D eigenvalue weighted by molar-refractivity contribution is -0.163. The van der Waals surface area contributed by atoms with Crippen LogP contribution in [0.3, 0.4) is 0 Å². The SMILES string of the molecule is C=CCOC(=O)C12C3[C@@H]4C[C@@H]5C6C7[C@@H]8[C@@H]5[C@@H]4[C@@H]1[C@@H]8[C@H]1[C@@H]7[C@H]4[C@H]([C@H]12)[C@H]3C[C@@H]64. The summed E-state index contributed by atoms with van der Waals surface area (Å²) in [7, 11) is 0. The predicted molar refractivity (Wildman–Crippen MR) is 92.2 cm³/mol. The number of rotatable bonds is 3. The zero-order valence-corrected chi connectivity index (χ0v) is 15.0. The van der Waals surface area contributed by atoms with Crippen LogP contribution >= 0.6 is 0 Å². The number of ether oxygens (including phenoxy) is 1. The third-order valence-corrected chi connectivity index (χ3v) is 13.4. The molecule has 10 aliphatic carbocycles. The molecule has 4 unspecified atom stereocenters. The summed E-state index contributed by atoms with van der Waals surface area (Å²) < 4.78 is 5.96. The highest BCUT2D eigenvalue weighted by atomic mass is 16.5. The zero-order valence-electron chi connectivity index (χ0n) is 15.0. The van der Waals surface area contributed by atoms with Gasteiger partial charge in [-0.2, -0.15) is 0 Å². The van der Waals surface area contributed by atoms with Crippen LogP contribution in [0, 0.1) is 106 Å². The van der Waals surface area contributed by atoms with Gasteiger partial charge >= 0.3 is 5.97 Å². The zero-order chi connectivity index (χ0) is 16.4. The van der Waals surface area contributed by atoms with Crippen molar-refractivity contribution in [2.45, 2.75) is 12.8 Å². The summed E-state index contributed by atoms with van der Waals surface area (Å²) in [5.41, 5.74) is -0.0197. The number of carbonyl (C=O) groups is 1. The number of fused-ring (bicyclic) bond motifs is 4. The van der Waals surface area contributed by atoms with Gasteiger partial charge in [0.05, 0.1) is 5.41 Å². The van der Waals surface area contributed by atoms with Gasteiger partial charge in [0.2, 0.25) is 0 Å². The minimum absolute atomic E-state index is 0.0197. The number of hydrogen-bond acceptors (Lipinski definition) is 2. The first-order valence-corrected chi connectivity index (χ1v) is 11.6. The van der Waals surface area contributed by atoms with Gasteiger partial charge in [0.15, 0.2) is 0 Å². The van der Waals surface area contributed by atoms with Crippen molar-refractivity contribution in [1.82, 2.24) is 0 Å². The lowest BCUT2D eigenvalue weighted by Gasteiger charge is -2.40. The van der Waals surface area contributed by atoms with E-state index in [1.54, 1.807) is 6.08 Å². The van der Waals surface area contributed by atoms with E-state index < -0.39 is 0 Å². The van der Waals surface area contributed by atoms with E-state index in [0.29, 0.717) is 6.61 Å². The Morgan fingerprint density at radius 2 is 1.35 bits per heavy atom. The van der Waals surface area contributed by atoms with E-state index in [4.69, 9.17) is 4.74 Å². The van der Waals surface area contributed by atoms with Crippen LogP contribution in [0.15, 0.2) is 12.7 Å². The number of carbonyl (C=O) groups excluding carboxylic acids is 1. The van der Waals surface area contributed by atoms with E-state index in [9.17, 15) is 4.79 Å². The van der Waals surface area contributed by atoms with Crippen molar-refractivity contribution in [1.29, 1.82) is 0 Å². The van der Waals surface area contributed by atoms with Crippen LogP contribution in [-0.4, -0.2) is 12.6 Å². The largest absolute Gasteiger partial charge is 0.461 e. The van der Waals surface area contributed by atoms with E-state index in [0.717, 1.165) is 101 Å². The molecule has 0 aromatic rings. The molecule has 0 aromatic heterocycles. The summed E-state index contributed by atoms with van der Waals surface area (Å²) in [6, 6.07) is 0. The van der Waals surface area contributed by atoms with Crippen LogP contribution in [-0.2, 0) is 9.53 Å². The van der Waals surface area contributed by atoms with E-state index in [1.807, 2.05) is 0 Å². The lowest BCUT2D eigenvalue weighted by atomic mass is 9.63. The Morgan fingerprint density at radius 1 is 0.769 bits per heavy atom. The molecule has 26 heavy (non-hydrogen) atoms. The first kappa shape index (κ1) is 12.6. The molecular weight excluding hydrogens is 320 g/mol. The second kappa shape index (κ2) is 3.16. The highest BCUT2D eigenvalue weighted by Crippen LogP contribution is 2.99. The first-order chi connectivity index (χ1) is 12.8. The Morgan fingerprint density at radius 3 is 1.92 bits per heavy atom. The fourth-order valence-corrected chi connectivity index (χ4v) is 14.9. The molecule has 10 aliphatic rings. The number of esters is 1. The average Bonchev–Trinajstić information content (AvgIpc) is 3.33. The molecule has 0 bridgehead atoms. The molecule has 0 amide bonds. The molecule has 0 N–H and O–H groups in total. The quantitative estimate of drug-likeness (QED) is 0.580. The Hall–Kier alpha value is -0.790. The smallest absolute Gasteiger partial charge is 0.313 e. The van der Waals surface area contributed by atoms with E-state index in [1.165, 1.54) is 12.8 Å². The van der Waals surface area contributed by atoms with Crippen molar-refractivity contribution in [3.63, 3.8) is 0 Å². The second-order valence-corrected chi connectivity index (χ2v) is 12.3. The molecule has 0 aliphatic heterocycles. The maximum absolute atomic E-state index is 13.8. The highest BCUT2D eigenvalue weighted by molar-refractivity contribution is 5.82.